The van der Waals surface area contributed by atoms with E-state index < -0.39 is 0 Å². The second kappa shape index (κ2) is 10.1. The molecule has 4 aromatic rings. The fourth-order valence-electron chi connectivity index (χ4n) is 3.28. The Labute approximate surface area is 195 Å². The van der Waals surface area contributed by atoms with E-state index in [4.69, 9.17) is 21.3 Å². The number of hydrogen-bond acceptors (Lipinski definition) is 5. The molecule has 2 heterocycles. The molecule has 31 heavy (non-hydrogen) atoms. The van der Waals surface area contributed by atoms with E-state index in [0.29, 0.717) is 28.0 Å². The second-order valence-corrected chi connectivity index (χ2v) is 8.35. The molecule has 0 bridgehead atoms. The van der Waals surface area contributed by atoms with Gasteiger partial charge >= 0.3 is 0 Å². The number of methoxy groups -OCH3 is 1. The van der Waals surface area contributed by atoms with Crippen molar-refractivity contribution in [3.8, 4) is 5.75 Å². The van der Waals surface area contributed by atoms with Crippen molar-refractivity contribution in [3.63, 3.8) is 0 Å². The number of ether oxygens (including phenoxy) is 1. The minimum absolute atomic E-state index is 0. The highest BCUT2D eigenvalue weighted by molar-refractivity contribution is 7.22. The zero-order valence-electron chi connectivity index (χ0n) is 17.1. The quantitative estimate of drug-likeness (QED) is 0.347. The normalized spacial score (nSPS) is 10.7. The number of rotatable bonds is 7. The first-order valence-corrected chi connectivity index (χ1v) is 10.7. The van der Waals surface area contributed by atoms with Crippen LogP contribution in [0.5, 0.6) is 5.75 Å². The maximum absolute atomic E-state index is 13.4. The van der Waals surface area contributed by atoms with Gasteiger partial charge in [0.05, 0.1) is 23.7 Å². The molecule has 4 rings (SSSR count). The van der Waals surface area contributed by atoms with Crippen LogP contribution in [-0.4, -0.2) is 34.1 Å². The SMILES string of the molecule is COc1cccc(C(=O)N(CCCn2ccnc2)c2nc3c(C)cc(Cl)cc3s2)c1.Cl. The van der Waals surface area contributed by atoms with Gasteiger partial charge in [-0.2, -0.15) is 0 Å². The number of thiazole rings is 1. The van der Waals surface area contributed by atoms with Crippen molar-refractivity contribution < 1.29 is 9.53 Å². The number of aryl methyl sites for hydroxylation is 2. The lowest BCUT2D eigenvalue weighted by atomic mass is 10.2. The summed E-state index contributed by atoms with van der Waals surface area (Å²) in [5.41, 5.74) is 2.43. The average molecular weight is 477 g/mol. The van der Waals surface area contributed by atoms with E-state index in [0.717, 1.165) is 28.7 Å². The summed E-state index contributed by atoms with van der Waals surface area (Å²) >= 11 is 7.69. The molecule has 0 aliphatic rings. The number of carbonyl (C=O) groups is 1. The monoisotopic (exact) mass is 476 g/mol. The van der Waals surface area contributed by atoms with Gasteiger partial charge in [0.25, 0.3) is 5.91 Å². The van der Waals surface area contributed by atoms with Crippen molar-refractivity contribution >= 4 is 56.6 Å². The minimum Gasteiger partial charge on any atom is -0.497 e. The van der Waals surface area contributed by atoms with Gasteiger partial charge in [-0.1, -0.05) is 29.0 Å². The lowest BCUT2D eigenvalue weighted by Gasteiger charge is -2.20. The molecule has 0 unspecified atom stereocenters. The molecule has 0 aliphatic carbocycles. The summed E-state index contributed by atoms with van der Waals surface area (Å²) in [4.78, 5) is 24.0. The van der Waals surface area contributed by atoms with Crippen LogP contribution in [-0.2, 0) is 6.54 Å². The molecule has 0 atom stereocenters. The number of carbonyl (C=O) groups excluding carboxylic acids is 1. The number of fused-ring (bicyclic) bond motifs is 1. The molecular formula is C22H22Cl2N4O2S. The van der Waals surface area contributed by atoms with Crippen LogP contribution in [0.25, 0.3) is 10.2 Å². The van der Waals surface area contributed by atoms with Crippen LogP contribution in [0, 0.1) is 6.92 Å². The van der Waals surface area contributed by atoms with E-state index in [1.807, 2.05) is 42.0 Å². The number of benzene rings is 2. The minimum atomic E-state index is -0.109. The van der Waals surface area contributed by atoms with Crippen LogP contribution in [0.1, 0.15) is 22.3 Å². The maximum Gasteiger partial charge on any atom is 0.260 e. The smallest absolute Gasteiger partial charge is 0.260 e. The lowest BCUT2D eigenvalue weighted by molar-refractivity contribution is 0.0986. The van der Waals surface area contributed by atoms with Crippen molar-refractivity contribution in [3.05, 3.63) is 71.3 Å². The average Bonchev–Trinajstić information content (AvgIpc) is 3.40. The fraction of sp³-hybridized carbons (Fsp3) is 0.227. The molecule has 2 aromatic heterocycles. The Bertz CT molecular complexity index is 1180. The highest BCUT2D eigenvalue weighted by atomic mass is 35.5. The number of hydrogen-bond donors (Lipinski definition) is 0. The molecule has 9 heteroatoms. The predicted octanol–water partition coefficient (Wildman–Crippen LogP) is 5.62. The standard InChI is InChI=1S/C22H21ClN4O2S.ClH/c1-15-11-17(23)13-19-20(15)25-22(30-19)27(9-4-8-26-10-7-24-14-26)21(28)16-5-3-6-18(12-16)29-2;/h3,5-7,10-14H,4,8-9H2,1-2H3;1H. The van der Waals surface area contributed by atoms with Gasteiger partial charge in [0, 0.05) is 36.1 Å². The van der Waals surface area contributed by atoms with Crippen LogP contribution in [0.2, 0.25) is 5.02 Å². The molecular weight excluding hydrogens is 455 g/mol. The van der Waals surface area contributed by atoms with Crippen molar-refractivity contribution in [2.24, 2.45) is 0 Å². The second-order valence-electron chi connectivity index (χ2n) is 6.91. The lowest BCUT2D eigenvalue weighted by Crippen LogP contribution is -2.32. The van der Waals surface area contributed by atoms with Crippen molar-refractivity contribution in [2.75, 3.05) is 18.6 Å². The summed E-state index contributed by atoms with van der Waals surface area (Å²) in [6.07, 6.45) is 6.20. The topological polar surface area (TPSA) is 60.2 Å². The van der Waals surface area contributed by atoms with E-state index >= 15 is 0 Å². The Hall–Kier alpha value is -2.61. The fourth-order valence-corrected chi connectivity index (χ4v) is 4.73. The van der Waals surface area contributed by atoms with Crippen molar-refractivity contribution in [1.82, 2.24) is 14.5 Å². The number of anilines is 1. The first-order valence-electron chi connectivity index (χ1n) is 9.53. The zero-order chi connectivity index (χ0) is 21.1. The number of nitrogens with zero attached hydrogens (tertiary/aromatic N) is 4. The Morgan fingerprint density at radius 1 is 1.29 bits per heavy atom. The first-order chi connectivity index (χ1) is 14.5. The van der Waals surface area contributed by atoms with Gasteiger partial charge in [-0.25, -0.2) is 9.97 Å². The highest BCUT2D eigenvalue weighted by Crippen LogP contribution is 2.34. The summed E-state index contributed by atoms with van der Waals surface area (Å²) < 4.78 is 8.25. The Morgan fingerprint density at radius 3 is 2.87 bits per heavy atom. The van der Waals surface area contributed by atoms with Gasteiger partial charge < -0.3 is 9.30 Å². The van der Waals surface area contributed by atoms with E-state index in [2.05, 4.69) is 4.98 Å². The highest BCUT2D eigenvalue weighted by Gasteiger charge is 2.22. The van der Waals surface area contributed by atoms with E-state index in [9.17, 15) is 4.79 Å². The van der Waals surface area contributed by atoms with Crippen LogP contribution in [0.4, 0.5) is 5.13 Å². The molecule has 0 saturated carbocycles. The van der Waals surface area contributed by atoms with Gasteiger partial charge in [-0.3, -0.25) is 9.69 Å². The molecule has 6 nitrogen and oxygen atoms in total. The summed E-state index contributed by atoms with van der Waals surface area (Å²) in [5, 5.41) is 1.33. The van der Waals surface area contributed by atoms with Crippen LogP contribution in [0.15, 0.2) is 55.1 Å². The largest absolute Gasteiger partial charge is 0.497 e. The third-order valence-electron chi connectivity index (χ3n) is 4.79. The van der Waals surface area contributed by atoms with Gasteiger partial charge in [0.15, 0.2) is 5.13 Å². The van der Waals surface area contributed by atoms with E-state index in [1.165, 1.54) is 11.3 Å². The van der Waals surface area contributed by atoms with E-state index in [1.54, 1.807) is 36.7 Å². The molecule has 0 saturated heterocycles. The molecule has 0 N–H and O–H groups in total. The van der Waals surface area contributed by atoms with Crippen molar-refractivity contribution in [1.29, 1.82) is 0 Å². The first kappa shape index (κ1) is 23.1. The summed E-state index contributed by atoms with van der Waals surface area (Å²) in [5.74, 6) is 0.536. The predicted molar refractivity (Wildman–Crippen MR) is 128 cm³/mol. The molecule has 0 fully saturated rings. The Balaban J connectivity index is 0.00000272. The number of amides is 1. The Kier molecular flexibility index (Phi) is 7.54. The molecule has 1 amide bonds. The molecule has 0 aliphatic heterocycles. The van der Waals surface area contributed by atoms with Crippen molar-refractivity contribution in [2.45, 2.75) is 19.9 Å². The van der Waals surface area contributed by atoms with Crippen LogP contribution in [0.3, 0.4) is 0 Å². The molecule has 162 valence electrons. The van der Waals surface area contributed by atoms with Gasteiger partial charge in [-0.15, -0.1) is 12.4 Å². The van der Waals surface area contributed by atoms with Gasteiger partial charge in [-0.05, 0) is 49.2 Å². The maximum atomic E-state index is 13.4. The number of aromatic nitrogens is 3. The Morgan fingerprint density at radius 2 is 2.13 bits per heavy atom. The van der Waals surface area contributed by atoms with Gasteiger partial charge in [0.1, 0.15) is 5.75 Å². The number of halogens is 2. The zero-order valence-corrected chi connectivity index (χ0v) is 19.5. The molecule has 0 radical (unpaired) electrons. The summed E-state index contributed by atoms with van der Waals surface area (Å²) in [6.45, 7) is 3.27. The van der Waals surface area contributed by atoms with E-state index in [-0.39, 0.29) is 18.3 Å². The summed E-state index contributed by atoms with van der Waals surface area (Å²) in [7, 11) is 1.59. The third-order valence-corrected chi connectivity index (χ3v) is 6.03. The summed E-state index contributed by atoms with van der Waals surface area (Å²) in [6, 6.07) is 11.0. The molecule has 2 aromatic carbocycles. The van der Waals surface area contributed by atoms with Crippen LogP contribution >= 0.6 is 35.3 Å². The van der Waals surface area contributed by atoms with Gasteiger partial charge in [0.2, 0.25) is 0 Å². The van der Waals surface area contributed by atoms with Crippen LogP contribution < -0.4 is 9.64 Å². The third kappa shape index (κ3) is 5.18. The number of imidazole rings is 1. The molecule has 0 spiro atoms.